The normalized spacial score (nSPS) is 21.4. The summed E-state index contributed by atoms with van der Waals surface area (Å²) >= 11 is 0. The molecule has 2 heterocycles. The van der Waals surface area contributed by atoms with Gasteiger partial charge in [0.05, 0.1) is 23.7 Å². The highest BCUT2D eigenvalue weighted by Crippen LogP contribution is 2.20. The van der Waals surface area contributed by atoms with Gasteiger partial charge in [-0.25, -0.2) is 4.39 Å². The molecule has 0 aliphatic carbocycles. The molecule has 3 nitrogen and oxygen atoms in total. The van der Waals surface area contributed by atoms with Crippen molar-refractivity contribution in [3.63, 3.8) is 0 Å². The van der Waals surface area contributed by atoms with E-state index in [4.69, 9.17) is 0 Å². The molecule has 0 saturated carbocycles. The third-order valence-electron chi connectivity index (χ3n) is 3.30. The molecule has 17 heavy (non-hydrogen) atoms. The first-order valence-corrected chi connectivity index (χ1v) is 6.28. The van der Waals surface area contributed by atoms with Crippen molar-refractivity contribution in [1.29, 1.82) is 0 Å². The van der Waals surface area contributed by atoms with Crippen molar-refractivity contribution in [2.45, 2.75) is 38.7 Å². The third-order valence-corrected chi connectivity index (χ3v) is 3.30. The summed E-state index contributed by atoms with van der Waals surface area (Å²) in [5.41, 5.74) is 1.34. The van der Waals surface area contributed by atoms with Crippen molar-refractivity contribution in [2.75, 3.05) is 18.0 Å². The summed E-state index contributed by atoms with van der Waals surface area (Å²) in [6.07, 6.45) is 4.66. The van der Waals surface area contributed by atoms with Crippen LogP contribution in [-0.4, -0.2) is 29.3 Å². The molecule has 1 aliphatic heterocycles. The minimum Gasteiger partial charge on any atom is -0.393 e. The summed E-state index contributed by atoms with van der Waals surface area (Å²) in [4.78, 5) is 6.25. The highest BCUT2D eigenvalue weighted by Gasteiger charge is 2.16. The predicted molar refractivity (Wildman–Crippen MR) is 65.6 cm³/mol. The van der Waals surface area contributed by atoms with E-state index in [0.29, 0.717) is 12.1 Å². The molecule has 1 atom stereocenters. The minimum absolute atomic E-state index is 0.215. The fourth-order valence-electron chi connectivity index (χ4n) is 2.23. The van der Waals surface area contributed by atoms with Gasteiger partial charge < -0.3 is 10.0 Å². The van der Waals surface area contributed by atoms with E-state index in [1.165, 1.54) is 0 Å². The van der Waals surface area contributed by atoms with Crippen LogP contribution in [0.2, 0.25) is 0 Å². The molecular formula is C13H19FN2O. The molecule has 1 fully saturated rings. The molecule has 0 radical (unpaired) electrons. The lowest BCUT2D eigenvalue weighted by atomic mass is 10.2. The molecular weight excluding hydrogens is 219 g/mol. The zero-order chi connectivity index (χ0) is 12.3. The van der Waals surface area contributed by atoms with Crippen molar-refractivity contribution < 1.29 is 9.50 Å². The molecule has 1 unspecified atom stereocenters. The van der Waals surface area contributed by atoms with Gasteiger partial charge in [0.15, 0.2) is 0 Å². The van der Waals surface area contributed by atoms with Crippen molar-refractivity contribution in [2.24, 2.45) is 0 Å². The number of nitrogens with zero attached hydrogens (tertiary/aromatic N) is 2. The quantitative estimate of drug-likeness (QED) is 0.857. The summed E-state index contributed by atoms with van der Waals surface area (Å²) in [5, 5.41) is 9.57. The minimum atomic E-state index is -0.227. The van der Waals surface area contributed by atoms with Crippen LogP contribution in [0, 0.1) is 5.82 Å². The van der Waals surface area contributed by atoms with Gasteiger partial charge in [-0.1, -0.05) is 6.92 Å². The fraction of sp³-hybridized carbons (Fsp3) is 0.615. The van der Waals surface area contributed by atoms with E-state index in [0.717, 1.165) is 38.0 Å². The fourth-order valence-corrected chi connectivity index (χ4v) is 2.23. The molecule has 1 N–H and O–H groups in total. The first-order chi connectivity index (χ1) is 8.20. The van der Waals surface area contributed by atoms with E-state index >= 15 is 0 Å². The number of aromatic nitrogens is 1. The van der Waals surface area contributed by atoms with Crippen LogP contribution in [0.1, 0.15) is 31.9 Å². The van der Waals surface area contributed by atoms with Crippen LogP contribution in [-0.2, 0) is 6.42 Å². The van der Waals surface area contributed by atoms with Crippen LogP contribution in [0.5, 0.6) is 0 Å². The Bertz CT molecular complexity index is 384. The predicted octanol–water partition coefficient (Wildman–Crippen LogP) is 2.13. The lowest BCUT2D eigenvalue weighted by Crippen LogP contribution is -2.25. The molecule has 0 aromatic carbocycles. The number of anilines is 1. The van der Waals surface area contributed by atoms with E-state index in [2.05, 4.69) is 9.88 Å². The molecule has 94 valence electrons. The maximum Gasteiger partial charge on any atom is 0.146 e. The molecule has 4 heteroatoms. The van der Waals surface area contributed by atoms with E-state index in [1.54, 1.807) is 12.3 Å². The number of aryl methyl sites for hydroxylation is 1. The van der Waals surface area contributed by atoms with Crippen LogP contribution in [0.4, 0.5) is 10.1 Å². The zero-order valence-electron chi connectivity index (χ0n) is 10.2. The van der Waals surface area contributed by atoms with Gasteiger partial charge in [-0.05, 0) is 25.7 Å². The second kappa shape index (κ2) is 5.45. The van der Waals surface area contributed by atoms with Gasteiger partial charge in [-0.2, -0.15) is 0 Å². The smallest absolute Gasteiger partial charge is 0.146 e. The van der Waals surface area contributed by atoms with Crippen molar-refractivity contribution in [1.82, 2.24) is 4.98 Å². The lowest BCUT2D eigenvalue weighted by Gasteiger charge is -2.22. The van der Waals surface area contributed by atoms with E-state index in [-0.39, 0.29) is 11.9 Å². The highest BCUT2D eigenvalue weighted by molar-refractivity contribution is 5.45. The number of aliphatic hydroxyl groups excluding tert-OH is 1. The molecule has 1 saturated heterocycles. The molecule has 1 aliphatic rings. The molecule has 0 bridgehead atoms. The molecule has 1 aromatic heterocycles. The van der Waals surface area contributed by atoms with Gasteiger partial charge in [0, 0.05) is 19.2 Å². The Hall–Kier alpha value is -1.16. The monoisotopic (exact) mass is 238 g/mol. The third kappa shape index (κ3) is 2.94. The van der Waals surface area contributed by atoms with Crippen molar-refractivity contribution >= 4 is 5.69 Å². The maximum absolute atomic E-state index is 13.6. The lowest BCUT2D eigenvalue weighted by molar-refractivity contribution is 0.161. The van der Waals surface area contributed by atoms with Crippen LogP contribution in [0.15, 0.2) is 12.3 Å². The van der Waals surface area contributed by atoms with Crippen molar-refractivity contribution in [3.8, 4) is 0 Å². The van der Waals surface area contributed by atoms with Gasteiger partial charge in [0.1, 0.15) is 5.82 Å². The number of halogens is 1. The summed E-state index contributed by atoms with van der Waals surface area (Å²) in [5.74, 6) is -0.227. The van der Waals surface area contributed by atoms with Crippen molar-refractivity contribution in [3.05, 3.63) is 23.8 Å². The first kappa shape index (κ1) is 12.3. The SMILES string of the molecule is CCc1ncc(N2CCCC(O)CC2)cc1F. The number of pyridine rings is 1. The second-order valence-electron chi connectivity index (χ2n) is 4.55. The maximum atomic E-state index is 13.6. The van der Waals surface area contributed by atoms with Crippen LogP contribution < -0.4 is 4.90 Å². The van der Waals surface area contributed by atoms with Gasteiger partial charge >= 0.3 is 0 Å². The Balaban J connectivity index is 2.13. The highest BCUT2D eigenvalue weighted by atomic mass is 19.1. The molecule has 0 spiro atoms. The Labute approximate surface area is 101 Å². The standard InChI is InChI=1S/C13H19FN2O/c1-2-13-12(14)8-10(9-15-13)16-6-3-4-11(17)5-7-16/h8-9,11,17H,2-7H2,1H3. The number of hydrogen-bond acceptors (Lipinski definition) is 3. The summed E-state index contributed by atoms with van der Waals surface area (Å²) in [7, 11) is 0. The van der Waals surface area contributed by atoms with Crippen LogP contribution in [0.3, 0.4) is 0 Å². The average Bonchev–Trinajstić information content (AvgIpc) is 2.54. The Morgan fingerprint density at radius 3 is 3.00 bits per heavy atom. The van der Waals surface area contributed by atoms with E-state index in [9.17, 15) is 9.50 Å². The largest absolute Gasteiger partial charge is 0.393 e. The molecule has 0 amide bonds. The van der Waals surface area contributed by atoms with Crippen LogP contribution in [0.25, 0.3) is 0 Å². The average molecular weight is 238 g/mol. The number of rotatable bonds is 2. The Kier molecular flexibility index (Phi) is 3.94. The molecule has 2 rings (SSSR count). The summed E-state index contributed by atoms with van der Waals surface area (Å²) < 4.78 is 13.6. The number of aliphatic hydroxyl groups is 1. The van der Waals surface area contributed by atoms with Gasteiger partial charge in [0.25, 0.3) is 0 Å². The zero-order valence-corrected chi connectivity index (χ0v) is 10.2. The van der Waals surface area contributed by atoms with Crippen LogP contribution >= 0.6 is 0 Å². The van der Waals surface area contributed by atoms with Gasteiger partial charge in [-0.15, -0.1) is 0 Å². The summed E-state index contributed by atoms with van der Waals surface area (Å²) in [6.45, 7) is 3.53. The van der Waals surface area contributed by atoms with Gasteiger partial charge in [-0.3, -0.25) is 4.98 Å². The Morgan fingerprint density at radius 2 is 2.29 bits per heavy atom. The van der Waals surface area contributed by atoms with E-state index in [1.807, 2.05) is 6.92 Å². The Morgan fingerprint density at radius 1 is 1.47 bits per heavy atom. The second-order valence-corrected chi connectivity index (χ2v) is 4.55. The summed E-state index contributed by atoms with van der Waals surface area (Å²) in [6, 6.07) is 1.56. The topological polar surface area (TPSA) is 36.4 Å². The first-order valence-electron chi connectivity index (χ1n) is 6.28. The molecule has 1 aromatic rings. The van der Waals surface area contributed by atoms with E-state index < -0.39 is 0 Å². The van der Waals surface area contributed by atoms with Gasteiger partial charge in [0.2, 0.25) is 0 Å². The number of hydrogen-bond donors (Lipinski definition) is 1.